The summed E-state index contributed by atoms with van der Waals surface area (Å²) in [5, 5.41) is 2.92. The highest BCUT2D eigenvalue weighted by molar-refractivity contribution is 5.88. The molecule has 1 fully saturated rings. The molecular weight excluding hydrogens is 294 g/mol. The van der Waals surface area contributed by atoms with E-state index in [1.807, 2.05) is 24.3 Å². The van der Waals surface area contributed by atoms with Crippen molar-refractivity contribution < 1.29 is 14.3 Å². The summed E-state index contributed by atoms with van der Waals surface area (Å²) in [5.41, 5.74) is 0.875. The van der Waals surface area contributed by atoms with Gasteiger partial charge < -0.3 is 14.6 Å². The average molecular weight is 315 g/mol. The average Bonchev–Trinajstić information content (AvgIpc) is 2.98. The summed E-state index contributed by atoms with van der Waals surface area (Å²) in [5.74, 6) is -0.540. The van der Waals surface area contributed by atoms with E-state index in [0.29, 0.717) is 12.8 Å². The number of nitrogens with zero attached hydrogens (tertiary/aromatic N) is 2. The van der Waals surface area contributed by atoms with E-state index in [9.17, 15) is 9.59 Å². The molecule has 1 aromatic heterocycles. The maximum absolute atomic E-state index is 12.5. The van der Waals surface area contributed by atoms with Crippen LogP contribution >= 0.6 is 0 Å². The van der Waals surface area contributed by atoms with Crippen LogP contribution in [0.25, 0.3) is 11.0 Å². The molecule has 122 valence electrons. The lowest BCUT2D eigenvalue weighted by atomic mass is 9.81. The lowest BCUT2D eigenvalue weighted by Crippen LogP contribution is -2.56. The van der Waals surface area contributed by atoms with Gasteiger partial charge in [-0.1, -0.05) is 31.4 Å². The van der Waals surface area contributed by atoms with Crippen molar-refractivity contribution >= 4 is 22.9 Å². The third kappa shape index (κ3) is 3.06. The van der Waals surface area contributed by atoms with E-state index in [2.05, 4.69) is 10.3 Å². The van der Waals surface area contributed by atoms with E-state index in [1.54, 1.807) is 10.9 Å². The zero-order valence-corrected chi connectivity index (χ0v) is 13.2. The Morgan fingerprint density at radius 3 is 2.74 bits per heavy atom. The van der Waals surface area contributed by atoms with E-state index in [4.69, 9.17) is 4.74 Å². The van der Waals surface area contributed by atoms with Crippen LogP contribution in [0.1, 0.15) is 32.1 Å². The fraction of sp³-hybridized carbons (Fsp3) is 0.471. The van der Waals surface area contributed by atoms with Crippen LogP contribution in [0.3, 0.4) is 0 Å². The maximum atomic E-state index is 12.5. The van der Waals surface area contributed by atoms with Crippen molar-refractivity contribution in [2.24, 2.45) is 0 Å². The largest absolute Gasteiger partial charge is 0.467 e. The molecule has 1 aliphatic carbocycles. The Labute approximate surface area is 134 Å². The molecule has 0 radical (unpaired) electrons. The number of ether oxygens (including phenoxy) is 1. The van der Waals surface area contributed by atoms with Crippen molar-refractivity contribution in [3.8, 4) is 0 Å². The first kappa shape index (κ1) is 15.5. The number of carbonyl (C=O) groups excluding carboxylic acids is 2. The molecule has 1 aromatic carbocycles. The molecular formula is C17H21N3O3. The lowest BCUT2D eigenvalue weighted by Gasteiger charge is -2.35. The van der Waals surface area contributed by atoms with Crippen molar-refractivity contribution in [2.75, 3.05) is 7.11 Å². The van der Waals surface area contributed by atoms with Gasteiger partial charge in [-0.15, -0.1) is 0 Å². The van der Waals surface area contributed by atoms with Gasteiger partial charge >= 0.3 is 5.97 Å². The van der Waals surface area contributed by atoms with Gasteiger partial charge in [0.2, 0.25) is 5.91 Å². The van der Waals surface area contributed by atoms with Crippen LogP contribution in [-0.4, -0.2) is 34.1 Å². The minimum atomic E-state index is -0.875. The summed E-state index contributed by atoms with van der Waals surface area (Å²) in [7, 11) is 1.37. The Morgan fingerprint density at radius 1 is 1.26 bits per heavy atom. The Bertz CT molecular complexity index is 717. The molecule has 0 bridgehead atoms. The van der Waals surface area contributed by atoms with Crippen LogP contribution < -0.4 is 5.32 Å². The highest BCUT2D eigenvalue weighted by Gasteiger charge is 2.41. The molecule has 1 amide bonds. The predicted octanol–water partition coefficient (Wildman–Crippen LogP) is 2.03. The van der Waals surface area contributed by atoms with Gasteiger partial charge in [0.25, 0.3) is 0 Å². The third-order valence-electron chi connectivity index (χ3n) is 4.50. The topological polar surface area (TPSA) is 73.2 Å². The number of methoxy groups -OCH3 is 1. The number of aromatic nitrogens is 2. The Kier molecular flexibility index (Phi) is 4.32. The van der Waals surface area contributed by atoms with Crippen molar-refractivity contribution in [3.05, 3.63) is 30.6 Å². The number of hydrogen-bond donors (Lipinski definition) is 1. The fourth-order valence-corrected chi connectivity index (χ4v) is 3.33. The van der Waals surface area contributed by atoms with E-state index < -0.39 is 5.54 Å². The normalized spacial score (nSPS) is 16.9. The summed E-state index contributed by atoms with van der Waals surface area (Å²) >= 11 is 0. The SMILES string of the molecule is COC(=O)C1(NC(=O)Cn2cnc3ccccc32)CCCCC1. The molecule has 0 spiro atoms. The molecule has 6 heteroatoms. The molecule has 1 aliphatic rings. The van der Waals surface area contributed by atoms with Crippen LogP contribution in [0, 0.1) is 0 Å². The number of benzene rings is 1. The number of para-hydroxylation sites is 2. The first-order valence-corrected chi connectivity index (χ1v) is 7.94. The van der Waals surface area contributed by atoms with Crippen LogP contribution in [0.4, 0.5) is 0 Å². The quantitative estimate of drug-likeness (QED) is 0.876. The molecule has 3 rings (SSSR count). The summed E-state index contributed by atoms with van der Waals surface area (Å²) in [6, 6.07) is 7.65. The van der Waals surface area contributed by atoms with Crippen molar-refractivity contribution in [1.29, 1.82) is 0 Å². The second-order valence-electron chi connectivity index (χ2n) is 6.04. The van der Waals surface area contributed by atoms with Crippen molar-refractivity contribution in [2.45, 2.75) is 44.2 Å². The fourth-order valence-electron chi connectivity index (χ4n) is 3.33. The summed E-state index contributed by atoms with van der Waals surface area (Å²) in [6.45, 7) is 0.138. The lowest BCUT2D eigenvalue weighted by molar-refractivity contribution is -0.152. The minimum absolute atomic E-state index is 0.138. The number of amides is 1. The Balaban J connectivity index is 1.76. The molecule has 0 saturated heterocycles. The Morgan fingerprint density at radius 2 is 2.00 bits per heavy atom. The van der Waals surface area contributed by atoms with Gasteiger partial charge in [-0.2, -0.15) is 0 Å². The van der Waals surface area contributed by atoms with Gasteiger partial charge in [0, 0.05) is 0 Å². The zero-order chi connectivity index (χ0) is 16.3. The van der Waals surface area contributed by atoms with Gasteiger partial charge in [0.05, 0.1) is 24.5 Å². The summed E-state index contributed by atoms with van der Waals surface area (Å²) < 4.78 is 6.72. The second kappa shape index (κ2) is 6.40. The Hall–Kier alpha value is -2.37. The van der Waals surface area contributed by atoms with Gasteiger partial charge in [-0.25, -0.2) is 9.78 Å². The number of imidazole rings is 1. The highest BCUT2D eigenvalue weighted by Crippen LogP contribution is 2.29. The van der Waals surface area contributed by atoms with E-state index >= 15 is 0 Å². The number of esters is 1. The monoisotopic (exact) mass is 315 g/mol. The summed E-state index contributed by atoms with van der Waals surface area (Å²) in [6.07, 6.45) is 5.84. The van der Waals surface area contributed by atoms with Crippen LogP contribution in [-0.2, 0) is 20.9 Å². The van der Waals surface area contributed by atoms with Gasteiger partial charge in [0.1, 0.15) is 12.1 Å². The first-order valence-electron chi connectivity index (χ1n) is 7.94. The standard InChI is InChI=1S/C17H21N3O3/c1-23-16(22)17(9-5-2-6-10-17)19-15(21)11-20-12-18-13-7-3-4-8-14(13)20/h3-4,7-8,12H,2,5-6,9-11H2,1H3,(H,19,21). The number of fused-ring (bicyclic) bond motifs is 1. The number of hydrogen-bond acceptors (Lipinski definition) is 4. The second-order valence-corrected chi connectivity index (χ2v) is 6.04. The number of nitrogens with one attached hydrogen (secondary N) is 1. The van der Waals surface area contributed by atoms with Crippen LogP contribution in [0.5, 0.6) is 0 Å². The highest BCUT2D eigenvalue weighted by atomic mass is 16.5. The minimum Gasteiger partial charge on any atom is -0.467 e. The van der Waals surface area contributed by atoms with Crippen molar-refractivity contribution in [3.63, 3.8) is 0 Å². The van der Waals surface area contributed by atoms with E-state index in [1.165, 1.54) is 7.11 Å². The third-order valence-corrected chi connectivity index (χ3v) is 4.50. The molecule has 1 N–H and O–H groups in total. The number of rotatable bonds is 4. The van der Waals surface area contributed by atoms with Crippen LogP contribution in [0.2, 0.25) is 0 Å². The summed E-state index contributed by atoms with van der Waals surface area (Å²) in [4.78, 5) is 28.9. The molecule has 2 aromatic rings. The van der Waals surface area contributed by atoms with Gasteiger partial charge in [-0.3, -0.25) is 4.79 Å². The van der Waals surface area contributed by atoms with Gasteiger partial charge in [-0.05, 0) is 25.0 Å². The van der Waals surface area contributed by atoms with E-state index in [-0.39, 0.29) is 18.4 Å². The molecule has 0 aliphatic heterocycles. The zero-order valence-electron chi connectivity index (χ0n) is 13.2. The number of carbonyl (C=O) groups is 2. The van der Waals surface area contributed by atoms with Gasteiger partial charge in [0.15, 0.2) is 0 Å². The predicted molar refractivity (Wildman–Crippen MR) is 85.7 cm³/mol. The molecule has 0 unspecified atom stereocenters. The van der Waals surface area contributed by atoms with E-state index in [0.717, 1.165) is 30.3 Å². The molecule has 1 heterocycles. The molecule has 1 saturated carbocycles. The van der Waals surface area contributed by atoms with Crippen LogP contribution in [0.15, 0.2) is 30.6 Å². The molecule has 0 atom stereocenters. The molecule has 23 heavy (non-hydrogen) atoms. The van der Waals surface area contributed by atoms with Crippen molar-refractivity contribution in [1.82, 2.24) is 14.9 Å². The molecule has 6 nitrogen and oxygen atoms in total. The first-order chi connectivity index (χ1) is 11.1. The smallest absolute Gasteiger partial charge is 0.331 e. The maximum Gasteiger partial charge on any atom is 0.331 e.